The number of alkyl halides is 1. The van der Waals surface area contributed by atoms with Crippen molar-refractivity contribution < 1.29 is 8.78 Å². The largest absolute Gasteiger partial charge is 0.246 e. The molecule has 0 atom stereocenters. The molecular formula is C8H7ClF2. The molecule has 0 saturated heterocycles. The van der Waals surface area contributed by atoms with Crippen molar-refractivity contribution in [3.05, 3.63) is 34.1 Å². The third-order valence-corrected chi connectivity index (χ3v) is 1.85. The van der Waals surface area contributed by atoms with Crippen LogP contribution < -0.4 is 0 Å². The molecule has 0 heterocycles. The van der Waals surface area contributed by atoms with Crippen LogP contribution in [0, 0.1) is 12.7 Å². The lowest BCUT2D eigenvalue weighted by molar-refractivity contribution is 0.483. The Morgan fingerprint density at radius 2 is 2.09 bits per heavy atom. The summed E-state index contributed by atoms with van der Waals surface area (Å²) in [5, 5.41) is 0.157. The molecule has 0 saturated carbocycles. The summed E-state index contributed by atoms with van der Waals surface area (Å²) in [6.45, 7) is 0.981. The minimum Gasteiger partial charge on any atom is -0.246 e. The molecule has 0 amide bonds. The fourth-order valence-electron chi connectivity index (χ4n) is 0.901. The smallest absolute Gasteiger partial charge is 0.124 e. The standard InChI is InChI=1S/C8H7ClF2/c1-5-2-6(11)3-8(9)7(5)4-10/h2-3H,4H2,1H3. The van der Waals surface area contributed by atoms with E-state index in [1.165, 1.54) is 6.07 Å². The summed E-state index contributed by atoms with van der Waals surface area (Å²) in [5.41, 5.74) is 0.922. The minimum atomic E-state index is -0.648. The van der Waals surface area contributed by atoms with Gasteiger partial charge in [0.1, 0.15) is 12.5 Å². The van der Waals surface area contributed by atoms with E-state index in [4.69, 9.17) is 11.6 Å². The molecular weight excluding hydrogens is 170 g/mol. The summed E-state index contributed by atoms with van der Waals surface area (Å²) in [6.07, 6.45) is 0. The Balaban J connectivity index is 3.25. The van der Waals surface area contributed by atoms with Crippen LogP contribution in [0.2, 0.25) is 5.02 Å². The topological polar surface area (TPSA) is 0 Å². The highest BCUT2D eigenvalue weighted by Crippen LogP contribution is 2.22. The molecule has 0 aliphatic rings. The molecule has 0 nitrogen and oxygen atoms in total. The lowest BCUT2D eigenvalue weighted by Crippen LogP contribution is -1.88. The zero-order chi connectivity index (χ0) is 8.43. The first kappa shape index (κ1) is 8.47. The van der Waals surface area contributed by atoms with Crippen molar-refractivity contribution in [1.29, 1.82) is 0 Å². The Morgan fingerprint density at radius 1 is 1.45 bits per heavy atom. The van der Waals surface area contributed by atoms with Gasteiger partial charge in [-0.15, -0.1) is 0 Å². The molecule has 11 heavy (non-hydrogen) atoms. The number of benzene rings is 1. The van der Waals surface area contributed by atoms with E-state index >= 15 is 0 Å². The second-order valence-corrected chi connectivity index (χ2v) is 2.72. The maximum absolute atomic E-state index is 12.5. The van der Waals surface area contributed by atoms with Crippen LogP contribution in [0.25, 0.3) is 0 Å². The van der Waals surface area contributed by atoms with Crippen LogP contribution in [0.1, 0.15) is 11.1 Å². The quantitative estimate of drug-likeness (QED) is 0.616. The Hall–Kier alpha value is -0.630. The van der Waals surface area contributed by atoms with Gasteiger partial charge in [-0.1, -0.05) is 11.6 Å². The van der Waals surface area contributed by atoms with Crippen molar-refractivity contribution in [3.8, 4) is 0 Å². The predicted molar refractivity (Wildman–Crippen MR) is 41.0 cm³/mol. The van der Waals surface area contributed by atoms with Crippen molar-refractivity contribution >= 4 is 11.6 Å². The van der Waals surface area contributed by atoms with Crippen LogP contribution in [-0.2, 0) is 6.67 Å². The van der Waals surface area contributed by atoms with Crippen molar-refractivity contribution in [3.63, 3.8) is 0 Å². The molecule has 0 fully saturated rings. The molecule has 0 aliphatic carbocycles. The van der Waals surface area contributed by atoms with Gasteiger partial charge >= 0.3 is 0 Å². The van der Waals surface area contributed by atoms with Crippen molar-refractivity contribution in [1.82, 2.24) is 0 Å². The molecule has 0 aromatic heterocycles. The van der Waals surface area contributed by atoms with Crippen LogP contribution in [0.3, 0.4) is 0 Å². The van der Waals surface area contributed by atoms with Crippen LogP contribution in [0.4, 0.5) is 8.78 Å². The number of hydrogen-bond donors (Lipinski definition) is 0. The lowest BCUT2D eigenvalue weighted by atomic mass is 10.1. The number of halogens is 3. The molecule has 1 aromatic rings. The lowest BCUT2D eigenvalue weighted by Gasteiger charge is -2.02. The van der Waals surface area contributed by atoms with Crippen molar-refractivity contribution in [2.45, 2.75) is 13.6 Å². The van der Waals surface area contributed by atoms with E-state index < -0.39 is 12.5 Å². The molecule has 0 aliphatic heterocycles. The van der Waals surface area contributed by atoms with Gasteiger partial charge in [0.25, 0.3) is 0 Å². The van der Waals surface area contributed by atoms with E-state index in [-0.39, 0.29) is 5.02 Å². The van der Waals surface area contributed by atoms with E-state index in [0.29, 0.717) is 11.1 Å². The van der Waals surface area contributed by atoms with E-state index in [1.807, 2.05) is 0 Å². The normalized spacial score (nSPS) is 10.2. The zero-order valence-corrected chi connectivity index (χ0v) is 6.75. The highest BCUT2D eigenvalue weighted by molar-refractivity contribution is 6.31. The van der Waals surface area contributed by atoms with Gasteiger partial charge in [-0.2, -0.15) is 0 Å². The van der Waals surface area contributed by atoms with Crippen LogP contribution in [-0.4, -0.2) is 0 Å². The fraction of sp³-hybridized carbons (Fsp3) is 0.250. The van der Waals surface area contributed by atoms with Gasteiger partial charge in [0.05, 0.1) is 0 Å². The van der Waals surface area contributed by atoms with Gasteiger partial charge in [-0.05, 0) is 24.6 Å². The summed E-state index contributed by atoms with van der Waals surface area (Å²) < 4.78 is 24.7. The van der Waals surface area contributed by atoms with Crippen LogP contribution in [0.15, 0.2) is 12.1 Å². The molecule has 0 bridgehead atoms. The highest BCUT2D eigenvalue weighted by atomic mass is 35.5. The van der Waals surface area contributed by atoms with Gasteiger partial charge in [0.2, 0.25) is 0 Å². The van der Waals surface area contributed by atoms with E-state index in [0.717, 1.165) is 6.07 Å². The number of aryl methyl sites for hydroxylation is 1. The Kier molecular flexibility index (Phi) is 2.45. The second-order valence-electron chi connectivity index (χ2n) is 2.32. The van der Waals surface area contributed by atoms with Crippen molar-refractivity contribution in [2.24, 2.45) is 0 Å². The first-order valence-electron chi connectivity index (χ1n) is 3.15. The SMILES string of the molecule is Cc1cc(F)cc(Cl)c1CF. The van der Waals surface area contributed by atoms with Gasteiger partial charge in [-0.25, -0.2) is 8.78 Å². The van der Waals surface area contributed by atoms with Gasteiger partial charge in [-0.3, -0.25) is 0 Å². The van der Waals surface area contributed by atoms with Gasteiger partial charge in [0.15, 0.2) is 0 Å². The third-order valence-electron chi connectivity index (χ3n) is 1.52. The third kappa shape index (κ3) is 1.69. The van der Waals surface area contributed by atoms with Crippen LogP contribution >= 0.6 is 11.6 Å². The van der Waals surface area contributed by atoms with Gasteiger partial charge in [0, 0.05) is 10.6 Å². The summed E-state index contributed by atoms with van der Waals surface area (Å²) in [5.74, 6) is -0.426. The molecule has 0 N–H and O–H groups in total. The average molecular weight is 177 g/mol. The number of hydrogen-bond acceptors (Lipinski definition) is 0. The summed E-state index contributed by atoms with van der Waals surface area (Å²) in [7, 11) is 0. The second kappa shape index (κ2) is 3.18. The summed E-state index contributed by atoms with van der Waals surface area (Å²) >= 11 is 5.55. The minimum absolute atomic E-state index is 0.157. The maximum Gasteiger partial charge on any atom is 0.124 e. The maximum atomic E-state index is 12.5. The van der Waals surface area contributed by atoms with Crippen LogP contribution in [0.5, 0.6) is 0 Å². The van der Waals surface area contributed by atoms with E-state index in [9.17, 15) is 8.78 Å². The monoisotopic (exact) mass is 176 g/mol. The Labute approximate surface area is 68.8 Å². The van der Waals surface area contributed by atoms with Crippen molar-refractivity contribution in [2.75, 3.05) is 0 Å². The fourth-order valence-corrected chi connectivity index (χ4v) is 1.21. The Morgan fingerprint density at radius 3 is 2.55 bits per heavy atom. The highest BCUT2D eigenvalue weighted by Gasteiger charge is 2.05. The first-order chi connectivity index (χ1) is 5.15. The molecule has 1 aromatic carbocycles. The number of rotatable bonds is 1. The predicted octanol–water partition coefficient (Wildman–Crippen LogP) is 3.26. The molecule has 0 spiro atoms. The molecule has 1 rings (SSSR count). The summed E-state index contributed by atoms with van der Waals surface area (Å²) in [6, 6.07) is 2.38. The van der Waals surface area contributed by atoms with E-state index in [2.05, 4.69) is 0 Å². The summed E-state index contributed by atoms with van der Waals surface area (Å²) in [4.78, 5) is 0. The average Bonchev–Trinajstić information content (AvgIpc) is 1.85. The first-order valence-corrected chi connectivity index (χ1v) is 3.53. The molecule has 0 unspecified atom stereocenters. The van der Waals surface area contributed by atoms with Gasteiger partial charge < -0.3 is 0 Å². The van der Waals surface area contributed by atoms with E-state index in [1.54, 1.807) is 6.92 Å². The molecule has 0 radical (unpaired) electrons. The molecule has 3 heteroatoms. The Bertz CT molecular complexity index is 248. The molecule has 60 valence electrons. The zero-order valence-electron chi connectivity index (χ0n) is 6.00.